The molecule has 0 saturated carbocycles. The molecule has 4 heteroatoms. The molecule has 0 amide bonds. The third kappa shape index (κ3) is 3.07. The van der Waals surface area contributed by atoms with Gasteiger partial charge in [-0.15, -0.1) is 0 Å². The number of anilines is 1. The first-order valence-corrected chi connectivity index (χ1v) is 8.90. The van der Waals surface area contributed by atoms with E-state index in [4.69, 9.17) is 16.3 Å². The molecule has 3 aromatic carbocycles. The molecule has 1 N–H and O–H groups in total. The molecule has 120 valence electrons. The number of ether oxygens (including phenoxy) is 1. The van der Waals surface area contributed by atoms with Crippen molar-refractivity contribution in [3.05, 3.63) is 99.0 Å². The molecule has 3 aromatic rings. The van der Waals surface area contributed by atoms with Crippen LogP contribution in [0.25, 0.3) is 0 Å². The molecule has 2 atom stereocenters. The van der Waals surface area contributed by atoms with E-state index in [0.29, 0.717) is 0 Å². The second kappa shape index (κ2) is 6.60. The summed E-state index contributed by atoms with van der Waals surface area (Å²) in [4.78, 5) is 0. The van der Waals surface area contributed by atoms with E-state index >= 15 is 0 Å². The molecule has 1 heterocycles. The van der Waals surface area contributed by atoms with Gasteiger partial charge < -0.3 is 10.1 Å². The van der Waals surface area contributed by atoms with Gasteiger partial charge in [0.15, 0.2) is 6.23 Å². The zero-order valence-electron chi connectivity index (χ0n) is 12.7. The number of nitrogens with one attached hydrogen (secondary N) is 1. The monoisotopic (exact) mass is 399 g/mol. The summed E-state index contributed by atoms with van der Waals surface area (Å²) < 4.78 is 7.44. The SMILES string of the molecule is Clc1ccc([C@H]2Nc3ccc(Br)cc3[C@@H](c3ccccc3)O2)cc1. The van der Waals surface area contributed by atoms with Gasteiger partial charge in [-0.1, -0.05) is 70.0 Å². The highest BCUT2D eigenvalue weighted by Gasteiger charge is 2.29. The van der Waals surface area contributed by atoms with Crippen LogP contribution in [0.4, 0.5) is 5.69 Å². The molecule has 0 aliphatic carbocycles. The van der Waals surface area contributed by atoms with Crippen LogP contribution in [0.1, 0.15) is 29.0 Å². The number of fused-ring (bicyclic) bond motifs is 1. The van der Waals surface area contributed by atoms with Gasteiger partial charge in [-0.25, -0.2) is 0 Å². The summed E-state index contributed by atoms with van der Waals surface area (Å²) >= 11 is 9.57. The molecule has 0 spiro atoms. The van der Waals surface area contributed by atoms with Gasteiger partial charge in [-0.05, 0) is 35.9 Å². The normalized spacial score (nSPS) is 19.4. The van der Waals surface area contributed by atoms with Gasteiger partial charge in [0.1, 0.15) is 6.10 Å². The van der Waals surface area contributed by atoms with Gasteiger partial charge in [0.25, 0.3) is 0 Å². The highest BCUT2D eigenvalue weighted by atomic mass is 79.9. The van der Waals surface area contributed by atoms with E-state index in [1.807, 2.05) is 48.5 Å². The Morgan fingerprint density at radius 2 is 1.62 bits per heavy atom. The van der Waals surface area contributed by atoms with Crippen LogP contribution in [-0.4, -0.2) is 0 Å². The maximum absolute atomic E-state index is 6.40. The van der Waals surface area contributed by atoms with E-state index in [0.717, 1.165) is 31.9 Å². The smallest absolute Gasteiger partial charge is 0.155 e. The Morgan fingerprint density at radius 3 is 2.38 bits per heavy atom. The van der Waals surface area contributed by atoms with Crippen molar-refractivity contribution in [2.45, 2.75) is 12.3 Å². The highest BCUT2D eigenvalue weighted by Crippen LogP contribution is 2.42. The van der Waals surface area contributed by atoms with Gasteiger partial charge in [0.05, 0.1) is 0 Å². The number of hydrogen-bond donors (Lipinski definition) is 1. The van der Waals surface area contributed by atoms with Crippen molar-refractivity contribution in [3.8, 4) is 0 Å². The fraction of sp³-hybridized carbons (Fsp3) is 0.100. The minimum absolute atomic E-state index is 0.124. The Hall–Kier alpha value is -1.81. The topological polar surface area (TPSA) is 21.3 Å². The Bertz CT molecular complexity index is 851. The molecule has 0 saturated heterocycles. The minimum Gasteiger partial charge on any atom is -0.356 e. The lowest BCUT2D eigenvalue weighted by Crippen LogP contribution is -2.25. The Kier molecular flexibility index (Phi) is 4.31. The van der Waals surface area contributed by atoms with Gasteiger partial charge >= 0.3 is 0 Å². The van der Waals surface area contributed by atoms with Crippen LogP contribution >= 0.6 is 27.5 Å². The first-order chi connectivity index (χ1) is 11.7. The molecule has 0 radical (unpaired) electrons. The summed E-state index contributed by atoms with van der Waals surface area (Å²) in [5, 5.41) is 4.19. The van der Waals surface area contributed by atoms with E-state index in [1.54, 1.807) is 0 Å². The third-order valence-corrected chi connectivity index (χ3v) is 4.88. The zero-order chi connectivity index (χ0) is 16.5. The van der Waals surface area contributed by atoms with Crippen LogP contribution in [0.5, 0.6) is 0 Å². The first kappa shape index (κ1) is 15.7. The Labute approximate surface area is 154 Å². The lowest BCUT2D eigenvalue weighted by molar-refractivity contribution is 0.0157. The standard InChI is InChI=1S/C20H15BrClNO/c21-15-8-11-18-17(12-15)19(13-4-2-1-3-5-13)24-20(23-18)14-6-9-16(22)10-7-14/h1-12,19-20,23H/t19-,20+/m1/s1. The second-order valence-corrected chi connectivity index (χ2v) is 7.09. The fourth-order valence-electron chi connectivity index (χ4n) is 2.95. The van der Waals surface area contributed by atoms with E-state index < -0.39 is 0 Å². The molecule has 2 nitrogen and oxygen atoms in total. The van der Waals surface area contributed by atoms with Crippen molar-refractivity contribution in [2.24, 2.45) is 0 Å². The Morgan fingerprint density at radius 1 is 0.875 bits per heavy atom. The van der Waals surface area contributed by atoms with Crippen LogP contribution in [0.15, 0.2) is 77.3 Å². The molecule has 0 fully saturated rings. The van der Waals surface area contributed by atoms with Crippen LogP contribution in [0.2, 0.25) is 5.02 Å². The maximum Gasteiger partial charge on any atom is 0.155 e. The van der Waals surface area contributed by atoms with Crippen LogP contribution in [0.3, 0.4) is 0 Å². The van der Waals surface area contributed by atoms with Crippen molar-refractivity contribution in [3.63, 3.8) is 0 Å². The van der Waals surface area contributed by atoms with Crippen molar-refractivity contribution >= 4 is 33.2 Å². The number of halogens is 2. The van der Waals surface area contributed by atoms with E-state index in [9.17, 15) is 0 Å². The van der Waals surface area contributed by atoms with E-state index in [-0.39, 0.29) is 12.3 Å². The molecule has 0 unspecified atom stereocenters. The average molecular weight is 401 g/mol. The van der Waals surface area contributed by atoms with Crippen molar-refractivity contribution < 1.29 is 4.74 Å². The number of benzene rings is 3. The summed E-state index contributed by atoms with van der Waals surface area (Å²) in [5.41, 5.74) is 4.39. The number of rotatable bonds is 2. The summed E-state index contributed by atoms with van der Waals surface area (Å²) in [5.74, 6) is 0. The van der Waals surface area contributed by atoms with Gasteiger partial charge in [-0.2, -0.15) is 0 Å². The summed E-state index contributed by atoms with van der Waals surface area (Å²) in [7, 11) is 0. The second-order valence-electron chi connectivity index (χ2n) is 5.73. The highest BCUT2D eigenvalue weighted by molar-refractivity contribution is 9.10. The maximum atomic E-state index is 6.40. The van der Waals surface area contributed by atoms with Crippen molar-refractivity contribution in [1.82, 2.24) is 0 Å². The fourth-order valence-corrected chi connectivity index (χ4v) is 3.46. The largest absolute Gasteiger partial charge is 0.356 e. The third-order valence-electron chi connectivity index (χ3n) is 4.13. The molecule has 1 aliphatic heterocycles. The molecular formula is C20H15BrClNO. The van der Waals surface area contributed by atoms with E-state index in [2.05, 4.69) is 45.5 Å². The predicted molar refractivity (Wildman–Crippen MR) is 101 cm³/mol. The quantitative estimate of drug-likeness (QED) is 0.542. The molecule has 4 rings (SSSR count). The van der Waals surface area contributed by atoms with Crippen molar-refractivity contribution in [1.29, 1.82) is 0 Å². The molecule has 24 heavy (non-hydrogen) atoms. The summed E-state index contributed by atoms with van der Waals surface area (Å²) in [6.45, 7) is 0. The van der Waals surface area contributed by atoms with Gasteiger partial charge in [-0.3, -0.25) is 0 Å². The predicted octanol–water partition coefficient (Wildman–Crippen LogP) is 6.33. The zero-order valence-corrected chi connectivity index (χ0v) is 15.1. The summed E-state index contributed by atoms with van der Waals surface area (Å²) in [6, 6.07) is 24.3. The summed E-state index contributed by atoms with van der Waals surface area (Å²) in [6.07, 6.45) is -0.346. The van der Waals surface area contributed by atoms with Crippen LogP contribution in [0, 0.1) is 0 Å². The first-order valence-electron chi connectivity index (χ1n) is 7.72. The molecule has 1 aliphatic rings. The van der Waals surface area contributed by atoms with Gasteiger partial charge in [0.2, 0.25) is 0 Å². The Balaban J connectivity index is 1.77. The van der Waals surface area contributed by atoms with Crippen LogP contribution < -0.4 is 5.32 Å². The lowest BCUT2D eigenvalue weighted by Gasteiger charge is -2.34. The average Bonchev–Trinajstić information content (AvgIpc) is 2.62. The van der Waals surface area contributed by atoms with Crippen LogP contribution in [-0.2, 0) is 4.74 Å². The molecule has 0 bridgehead atoms. The minimum atomic E-state index is -0.221. The molecular weight excluding hydrogens is 386 g/mol. The molecule has 0 aromatic heterocycles. The lowest BCUT2D eigenvalue weighted by atomic mass is 9.97. The van der Waals surface area contributed by atoms with Gasteiger partial charge in [0, 0.05) is 26.3 Å². The number of hydrogen-bond acceptors (Lipinski definition) is 2. The van der Waals surface area contributed by atoms with E-state index in [1.165, 1.54) is 0 Å². The van der Waals surface area contributed by atoms with Crippen molar-refractivity contribution in [2.75, 3.05) is 5.32 Å².